The van der Waals surface area contributed by atoms with E-state index in [-0.39, 0.29) is 6.04 Å². The average molecular weight is 262 g/mol. The number of aliphatic hydroxyl groups excluding tert-OH is 1. The number of hydrogen-bond donors (Lipinski definition) is 1. The topological polar surface area (TPSA) is 56.5 Å². The van der Waals surface area contributed by atoms with E-state index in [1.807, 2.05) is 18.2 Å². The van der Waals surface area contributed by atoms with Crippen LogP contribution in [0.3, 0.4) is 0 Å². The zero-order chi connectivity index (χ0) is 14.4. The van der Waals surface area contributed by atoms with Crippen LogP contribution in [0.4, 0.5) is 5.69 Å². The van der Waals surface area contributed by atoms with Crippen molar-refractivity contribution in [1.82, 2.24) is 0 Å². The second kappa shape index (κ2) is 7.01. The Morgan fingerprint density at radius 1 is 1.37 bits per heavy atom. The van der Waals surface area contributed by atoms with Crippen molar-refractivity contribution in [1.29, 1.82) is 5.26 Å². The molecule has 19 heavy (non-hydrogen) atoms. The second-order valence-electron chi connectivity index (χ2n) is 4.76. The Labute approximate surface area is 115 Å². The van der Waals surface area contributed by atoms with Gasteiger partial charge < -0.3 is 14.7 Å². The summed E-state index contributed by atoms with van der Waals surface area (Å²) in [6.45, 7) is 6.51. The molecule has 0 fully saturated rings. The fourth-order valence-electron chi connectivity index (χ4n) is 2.21. The minimum absolute atomic E-state index is 0.248. The van der Waals surface area contributed by atoms with Crippen molar-refractivity contribution in [2.24, 2.45) is 0 Å². The summed E-state index contributed by atoms with van der Waals surface area (Å²) in [7, 11) is 1.60. The third-order valence-electron chi connectivity index (χ3n) is 3.08. The first-order chi connectivity index (χ1) is 9.02. The standard InChI is InChI=1S/C15H22N2O2/c1-11(2)17(10-6-9-16)13-7-5-8-14(19-4)15(13)12(3)18/h5,7-8,11-12,18H,6,10H2,1-4H3. The first-order valence-corrected chi connectivity index (χ1v) is 6.51. The maximum atomic E-state index is 10.0. The molecule has 1 unspecified atom stereocenters. The first kappa shape index (κ1) is 15.3. The zero-order valence-corrected chi connectivity index (χ0v) is 12.1. The lowest BCUT2D eigenvalue weighted by Gasteiger charge is -2.31. The van der Waals surface area contributed by atoms with Crippen LogP contribution in [0.2, 0.25) is 0 Å². The van der Waals surface area contributed by atoms with Gasteiger partial charge in [-0.2, -0.15) is 5.26 Å². The van der Waals surface area contributed by atoms with Gasteiger partial charge >= 0.3 is 0 Å². The highest BCUT2D eigenvalue weighted by molar-refractivity contribution is 5.61. The van der Waals surface area contributed by atoms with Crippen molar-refractivity contribution in [3.63, 3.8) is 0 Å². The number of benzene rings is 1. The maximum absolute atomic E-state index is 10.0. The number of hydrogen-bond acceptors (Lipinski definition) is 4. The molecule has 0 spiro atoms. The first-order valence-electron chi connectivity index (χ1n) is 6.51. The molecule has 4 nitrogen and oxygen atoms in total. The molecule has 0 aromatic heterocycles. The van der Waals surface area contributed by atoms with Gasteiger partial charge in [-0.05, 0) is 32.9 Å². The Morgan fingerprint density at radius 3 is 2.53 bits per heavy atom. The number of anilines is 1. The second-order valence-corrected chi connectivity index (χ2v) is 4.76. The third kappa shape index (κ3) is 3.62. The summed E-state index contributed by atoms with van der Waals surface area (Å²) in [6, 6.07) is 8.12. The molecular formula is C15H22N2O2. The Morgan fingerprint density at radius 2 is 2.05 bits per heavy atom. The van der Waals surface area contributed by atoms with Crippen LogP contribution in [-0.4, -0.2) is 24.8 Å². The molecule has 1 aromatic carbocycles. The van der Waals surface area contributed by atoms with E-state index in [2.05, 4.69) is 24.8 Å². The zero-order valence-electron chi connectivity index (χ0n) is 12.1. The fraction of sp³-hybridized carbons (Fsp3) is 0.533. The van der Waals surface area contributed by atoms with E-state index in [1.54, 1.807) is 14.0 Å². The van der Waals surface area contributed by atoms with Gasteiger partial charge in [-0.3, -0.25) is 0 Å². The van der Waals surface area contributed by atoms with E-state index in [4.69, 9.17) is 10.00 Å². The number of ether oxygens (including phenoxy) is 1. The molecule has 1 N–H and O–H groups in total. The highest BCUT2D eigenvalue weighted by atomic mass is 16.5. The Hall–Kier alpha value is -1.73. The molecule has 0 radical (unpaired) electrons. The molecule has 0 aliphatic heterocycles. The molecule has 0 aliphatic carbocycles. The van der Waals surface area contributed by atoms with E-state index in [9.17, 15) is 5.11 Å². The van der Waals surface area contributed by atoms with Gasteiger partial charge in [0.05, 0.1) is 25.7 Å². The molecule has 0 amide bonds. The van der Waals surface area contributed by atoms with Gasteiger partial charge in [-0.1, -0.05) is 6.07 Å². The molecule has 1 rings (SSSR count). The lowest BCUT2D eigenvalue weighted by atomic mass is 10.0. The monoisotopic (exact) mass is 262 g/mol. The van der Waals surface area contributed by atoms with Gasteiger partial charge in [-0.15, -0.1) is 0 Å². The van der Waals surface area contributed by atoms with Crippen LogP contribution in [0.15, 0.2) is 18.2 Å². The van der Waals surface area contributed by atoms with E-state index >= 15 is 0 Å². The molecule has 0 aliphatic rings. The summed E-state index contributed by atoms with van der Waals surface area (Å²) in [5.41, 5.74) is 1.70. The predicted molar refractivity (Wildman–Crippen MR) is 76.3 cm³/mol. The van der Waals surface area contributed by atoms with Crippen molar-refractivity contribution in [3.8, 4) is 11.8 Å². The minimum atomic E-state index is -0.616. The Kier molecular flexibility index (Phi) is 5.65. The molecule has 0 heterocycles. The molecule has 0 saturated carbocycles. The number of aliphatic hydroxyl groups is 1. The van der Waals surface area contributed by atoms with Crippen LogP contribution in [0.25, 0.3) is 0 Å². The Balaban J connectivity index is 3.25. The number of methoxy groups -OCH3 is 1. The number of nitrogens with zero attached hydrogens (tertiary/aromatic N) is 2. The third-order valence-corrected chi connectivity index (χ3v) is 3.08. The quantitative estimate of drug-likeness (QED) is 0.856. The maximum Gasteiger partial charge on any atom is 0.126 e. The predicted octanol–water partition coefficient (Wildman–Crippen LogP) is 2.88. The molecule has 1 atom stereocenters. The van der Waals surface area contributed by atoms with Crippen molar-refractivity contribution in [3.05, 3.63) is 23.8 Å². The van der Waals surface area contributed by atoms with Gasteiger partial charge in [0.1, 0.15) is 5.75 Å². The molecule has 4 heteroatoms. The van der Waals surface area contributed by atoms with E-state index in [0.29, 0.717) is 18.7 Å². The van der Waals surface area contributed by atoms with Gasteiger partial charge in [0.15, 0.2) is 0 Å². The van der Waals surface area contributed by atoms with Crippen LogP contribution in [0.5, 0.6) is 5.75 Å². The minimum Gasteiger partial charge on any atom is -0.496 e. The van der Waals surface area contributed by atoms with Gasteiger partial charge in [0, 0.05) is 23.8 Å². The molecular weight excluding hydrogens is 240 g/mol. The summed E-state index contributed by atoms with van der Waals surface area (Å²) in [6.07, 6.45) is -0.163. The van der Waals surface area contributed by atoms with Crippen LogP contribution < -0.4 is 9.64 Å². The average Bonchev–Trinajstić information content (AvgIpc) is 2.38. The number of nitriles is 1. The van der Waals surface area contributed by atoms with Crippen molar-refractivity contribution in [2.45, 2.75) is 39.3 Å². The number of rotatable bonds is 6. The van der Waals surface area contributed by atoms with Gasteiger partial charge in [0.25, 0.3) is 0 Å². The molecule has 0 saturated heterocycles. The van der Waals surface area contributed by atoms with E-state index in [1.165, 1.54) is 0 Å². The van der Waals surface area contributed by atoms with Crippen LogP contribution in [-0.2, 0) is 0 Å². The summed E-state index contributed by atoms with van der Waals surface area (Å²) in [4.78, 5) is 2.12. The fourth-order valence-corrected chi connectivity index (χ4v) is 2.21. The van der Waals surface area contributed by atoms with E-state index in [0.717, 1.165) is 11.3 Å². The largest absolute Gasteiger partial charge is 0.496 e. The summed E-state index contributed by atoms with van der Waals surface area (Å²) in [5, 5.41) is 18.8. The normalized spacial score (nSPS) is 12.1. The van der Waals surface area contributed by atoms with Crippen molar-refractivity contribution < 1.29 is 9.84 Å². The summed E-state index contributed by atoms with van der Waals surface area (Å²) < 4.78 is 5.33. The summed E-state index contributed by atoms with van der Waals surface area (Å²) >= 11 is 0. The Bertz CT molecular complexity index is 450. The SMILES string of the molecule is COc1cccc(N(CCC#N)C(C)C)c1C(C)O. The van der Waals surface area contributed by atoms with Crippen LogP contribution in [0, 0.1) is 11.3 Å². The highest BCUT2D eigenvalue weighted by Crippen LogP contribution is 2.35. The van der Waals surface area contributed by atoms with Crippen molar-refractivity contribution in [2.75, 3.05) is 18.6 Å². The van der Waals surface area contributed by atoms with E-state index < -0.39 is 6.10 Å². The summed E-state index contributed by atoms with van der Waals surface area (Å²) in [5.74, 6) is 0.676. The lowest BCUT2D eigenvalue weighted by molar-refractivity contribution is 0.194. The van der Waals surface area contributed by atoms with Crippen LogP contribution >= 0.6 is 0 Å². The van der Waals surface area contributed by atoms with Crippen molar-refractivity contribution >= 4 is 5.69 Å². The highest BCUT2D eigenvalue weighted by Gasteiger charge is 2.20. The van der Waals surface area contributed by atoms with Gasteiger partial charge in [0.2, 0.25) is 0 Å². The smallest absolute Gasteiger partial charge is 0.126 e. The molecule has 1 aromatic rings. The molecule has 104 valence electrons. The molecule has 0 bridgehead atoms. The lowest BCUT2D eigenvalue weighted by Crippen LogP contribution is -2.32. The van der Waals surface area contributed by atoms with Gasteiger partial charge in [-0.25, -0.2) is 0 Å². The van der Waals surface area contributed by atoms with Crippen LogP contribution in [0.1, 0.15) is 38.9 Å².